The van der Waals surface area contributed by atoms with Gasteiger partial charge in [-0.2, -0.15) is 0 Å². The summed E-state index contributed by atoms with van der Waals surface area (Å²) in [4.78, 5) is 37.5. The second-order valence-corrected chi connectivity index (χ2v) is 6.96. The number of amides is 3. The lowest BCUT2D eigenvalue weighted by atomic mass is 10.0. The van der Waals surface area contributed by atoms with Crippen LogP contribution in [0.3, 0.4) is 0 Å². The van der Waals surface area contributed by atoms with Crippen molar-refractivity contribution in [3.05, 3.63) is 0 Å². The summed E-state index contributed by atoms with van der Waals surface area (Å²) in [6.45, 7) is 9.39. The van der Waals surface area contributed by atoms with E-state index < -0.39 is 29.7 Å². The predicted octanol–water partition coefficient (Wildman–Crippen LogP) is 1.01. The van der Waals surface area contributed by atoms with Gasteiger partial charge in [0.25, 0.3) is 0 Å². The van der Waals surface area contributed by atoms with Crippen molar-refractivity contribution < 1.29 is 19.1 Å². The van der Waals surface area contributed by atoms with E-state index in [9.17, 15) is 14.4 Å². The molecule has 1 rings (SSSR count). The Labute approximate surface area is 131 Å². The van der Waals surface area contributed by atoms with Crippen LogP contribution in [0, 0.1) is 5.92 Å². The predicted molar refractivity (Wildman–Crippen MR) is 81.9 cm³/mol. The molecule has 7 heteroatoms. The zero-order valence-electron chi connectivity index (χ0n) is 14.0. The zero-order chi connectivity index (χ0) is 17.1. The highest BCUT2D eigenvalue weighted by molar-refractivity contribution is 5.91. The number of rotatable bonds is 4. The number of nitrogens with two attached hydrogens (primary N) is 1. The van der Waals surface area contributed by atoms with Crippen molar-refractivity contribution in [2.24, 2.45) is 11.7 Å². The lowest BCUT2D eigenvalue weighted by Crippen LogP contribution is -2.55. The van der Waals surface area contributed by atoms with E-state index in [-0.39, 0.29) is 11.8 Å². The molecule has 7 nitrogen and oxygen atoms in total. The van der Waals surface area contributed by atoms with Gasteiger partial charge in [-0.05, 0) is 39.5 Å². The van der Waals surface area contributed by atoms with Crippen LogP contribution in [0.1, 0.15) is 47.5 Å². The Hall–Kier alpha value is -1.79. The lowest BCUT2D eigenvalue weighted by molar-refractivity contribution is -0.139. The Bertz CT molecular complexity index is 443. The fourth-order valence-corrected chi connectivity index (χ4v) is 2.45. The van der Waals surface area contributed by atoms with Gasteiger partial charge in [0.1, 0.15) is 17.7 Å². The van der Waals surface area contributed by atoms with Crippen molar-refractivity contribution in [1.29, 1.82) is 0 Å². The highest BCUT2D eigenvalue weighted by atomic mass is 16.6. The van der Waals surface area contributed by atoms with Crippen LogP contribution < -0.4 is 11.1 Å². The molecule has 3 amide bonds. The van der Waals surface area contributed by atoms with Crippen molar-refractivity contribution in [2.75, 3.05) is 6.54 Å². The minimum atomic E-state index is -0.741. The van der Waals surface area contributed by atoms with Gasteiger partial charge in [0.15, 0.2) is 0 Å². The number of primary amides is 1. The van der Waals surface area contributed by atoms with Gasteiger partial charge in [0.2, 0.25) is 11.8 Å². The summed E-state index contributed by atoms with van der Waals surface area (Å²) in [6.07, 6.45) is 0.656. The molecule has 0 aromatic rings. The van der Waals surface area contributed by atoms with E-state index in [1.54, 1.807) is 20.8 Å². The minimum absolute atomic E-state index is 0.130. The van der Waals surface area contributed by atoms with Gasteiger partial charge in [-0.15, -0.1) is 0 Å². The number of hydrogen-bond acceptors (Lipinski definition) is 4. The Balaban J connectivity index is 2.80. The van der Waals surface area contributed by atoms with Crippen molar-refractivity contribution in [2.45, 2.75) is 65.1 Å². The Morgan fingerprint density at radius 1 is 1.27 bits per heavy atom. The smallest absolute Gasteiger partial charge is 0.408 e. The fraction of sp³-hybridized carbons (Fsp3) is 0.800. The SMILES string of the molecule is CC(C)[C@H](NC(=O)OC(C)(C)C)C(=O)N1CCC[C@H]1C(N)=O. The monoisotopic (exact) mass is 313 g/mol. The van der Waals surface area contributed by atoms with E-state index in [0.717, 1.165) is 6.42 Å². The summed E-state index contributed by atoms with van der Waals surface area (Å²) in [6, 6.07) is -1.33. The van der Waals surface area contributed by atoms with Crippen LogP contribution >= 0.6 is 0 Å². The zero-order valence-corrected chi connectivity index (χ0v) is 14.0. The lowest BCUT2D eigenvalue weighted by Gasteiger charge is -2.30. The summed E-state index contributed by atoms with van der Waals surface area (Å²) in [5.41, 5.74) is 4.70. The molecule has 1 fully saturated rings. The van der Waals surface area contributed by atoms with Crippen molar-refractivity contribution in [1.82, 2.24) is 10.2 Å². The fourth-order valence-electron chi connectivity index (χ4n) is 2.45. The molecule has 1 heterocycles. The molecule has 0 aliphatic carbocycles. The Morgan fingerprint density at radius 2 is 1.86 bits per heavy atom. The molecule has 0 aromatic heterocycles. The number of nitrogens with zero attached hydrogens (tertiary/aromatic N) is 1. The highest BCUT2D eigenvalue weighted by Crippen LogP contribution is 2.20. The Kier molecular flexibility index (Phi) is 5.79. The molecule has 1 aliphatic rings. The first kappa shape index (κ1) is 18.3. The third-order valence-electron chi connectivity index (χ3n) is 3.47. The van der Waals surface area contributed by atoms with Crippen LogP contribution in [0.5, 0.6) is 0 Å². The van der Waals surface area contributed by atoms with Gasteiger partial charge in [-0.25, -0.2) is 4.79 Å². The first-order chi connectivity index (χ1) is 10.0. The molecule has 0 aromatic carbocycles. The first-order valence-electron chi connectivity index (χ1n) is 7.62. The quantitative estimate of drug-likeness (QED) is 0.808. The first-order valence-corrected chi connectivity index (χ1v) is 7.62. The van der Waals surface area contributed by atoms with Gasteiger partial charge in [0.05, 0.1) is 0 Å². The van der Waals surface area contributed by atoms with Gasteiger partial charge in [-0.1, -0.05) is 13.8 Å². The van der Waals surface area contributed by atoms with Gasteiger partial charge in [0, 0.05) is 6.54 Å². The molecule has 22 heavy (non-hydrogen) atoms. The Morgan fingerprint density at radius 3 is 2.32 bits per heavy atom. The van der Waals surface area contributed by atoms with E-state index in [1.807, 2.05) is 13.8 Å². The second-order valence-electron chi connectivity index (χ2n) is 6.96. The molecule has 126 valence electrons. The number of nitrogens with one attached hydrogen (secondary N) is 1. The standard InChI is InChI=1S/C15H27N3O4/c1-9(2)11(17-14(21)22-15(3,4)5)13(20)18-8-6-7-10(18)12(16)19/h9-11H,6-8H2,1-5H3,(H2,16,19)(H,17,21)/t10-,11-/m0/s1. The molecule has 0 unspecified atom stereocenters. The average molecular weight is 313 g/mol. The third kappa shape index (κ3) is 4.89. The van der Waals surface area contributed by atoms with Gasteiger partial charge in [-0.3, -0.25) is 9.59 Å². The third-order valence-corrected chi connectivity index (χ3v) is 3.47. The number of ether oxygens (including phenoxy) is 1. The highest BCUT2D eigenvalue weighted by Gasteiger charge is 2.38. The van der Waals surface area contributed by atoms with Gasteiger partial charge >= 0.3 is 6.09 Å². The maximum Gasteiger partial charge on any atom is 0.408 e. The minimum Gasteiger partial charge on any atom is -0.444 e. The number of carbonyl (C=O) groups is 3. The maximum absolute atomic E-state index is 12.7. The molecular formula is C15H27N3O4. The molecule has 1 aliphatic heterocycles. The largest absolute Gasteiger partial charge is 0.444 e. The maximum atomic E-state index is 12.7. The van der Waals surface area contributed by atoms with Crippen LogP contribution in [0.15, 0.2) is 0 Å². The van der Waals surface area contributed by atoms with E-state index >= 15 is 0 Å². The molecule has 2 atom stereocenters. The summed E-state index contributed by atoms with van der Waals surface area (Å²) < 4.78 is 5.19. The van der Waals surface area contributed by atoms with Crippen LogP contribution in [-0.4, -0.2) is 47.0 Å². The number of alkyl carbamates (subject to hydrolysis) is 1. The van der Waals surface area contributed by atoms with Crippen molar-refractivity contribution in [3.63, 3.8) is 0 Å². The average Bonchev–Trinajstić information content (AvgIpc) is 2.81. The number of hydrogen-bond donors (Lipinski definition) is 2. The van der Waals surface area contributed by atoms with Crippen molar-refractivity contribution >= 4 is 17.9 Å². The van der Waals surface area contributed by atoms with Crippen LogP contribution in [0.4, 0.5) is 4.79 Å². The summed E-state index contributed by atoms with van der Waals surface area (Å²) in [5.74, 6) is -0.929. The topological polar surface area (TPSA) is 102 Å². The molecule has 0 bridgehead atoms. The summed E-state index contributed by atoms with van der Waals surface area (Å²) >= 11 is 0. The van der Waals surface area contributed by atoms with E-state index in [4.69, 9.17) is 10.5 Å². The molecule has 0 spiro atoms. The second kappa shape index (κ2) is 6.98. The summed E-state index contributed by atoms with van der Waals surface area (Å²) in [5, 5.41) is 2.60. The molecule has 1 saturated heterocycles. The number of carbonyl (C=O) groups excluding carboxylic acids is 3. The van der Waals surface area contributed by atoms with Gasteiger partial charge < -0.3 is 20.7 Å². The molecule has 3 N–H and O–H groups in total. The molecular weight excluding hydrogens is 286 g/mol. The van der Waals surface area contributed by atoms with E-state index in [2.05, 4.69) is 5.32 Å². The van der Waals surface area contributed by atoms with Crippen LogP contribution in [0.2, 0.25) is 0 Å². The normalized spacial score (nSPS) is 19.9. The van der Waals surface area contributed by atoms with Crippen molar-refractivity contribution in [3.8, 4) is 0 Å². The molecule has 0 saturated carbocycles. The van der Waals surface area contributed by atoms with E-state index in [0.29, 0.717) is 13.0 Å². The van der Waals surface area contributed by atoms with E-state index in [1.165, 1.54) is 4.90 Å². The van der Waals surface area contributed by atoms with Crippen LogP contribution in [0.25, 0.3) is 0 Å². The number of likely N-dealkylation sites (tertiary alicyclic amines) is 1. The summed E-state index contributed by atoms with van der Waals surface area (Å²) in [7, 11) is 0. The van der Waals surface area contributed by atoms with Crippen LogP contribution in [-0.2, 0) is 14.3 Å². The molecule has 0 radical (unpaired) electrons.